The number of carbonyl (C=O) groups excluding carboxylic acids is 4. The van der Waals surface area contributed by atoms with Crippen LogP contribution in [0.5, 0.6) is 28.7 Å². The second-order valence-corrected chi connectivity index (χ2v) is 29.0. The molecule has 0 saturated carbocycles. The molecule has 0 atom stereocenters. The first-order valence-electron chi connectivity index (χ1n) is 41.9. The Kier molecular flexibility index (Phi) is 33.7. The number of methoxy groups -OCH3 is 2. The number of imidazole rings is 5. The number of hydrogen-bond donors (Lipinski definition) is 5. The van der Waals surface area contributed by atoms with Gasteiger partial charge in [0.25, 0.3) is 5.91 Å². The highest BCUT2D eigenvalue weighted by molar-refractivity contribution is 5.96. The van der Waals surface area contributed by atoms with E-state index in [2.05, 4.69) is 103 Å². The van der Waals surface area contributed by atoms with Crippen molar-refractivity contribution >= 4 is 75.1 Å². The molecular weight excluding hydrogens is 1600 g/mol. The zero-order valence-electron chi connectivity index (χ0n) is 71.6. The molecule has 5 aromatic carbocycles. The molecule has 16 rings (SSSR count). The number of carbonyl (C=O) groups is 4. The van der Waals surface area contributed by atoms with Crippen LogP contribution in [0.4, 0.5) is 56.1 Å². The van der Waals surface area contributed by atoms with Gasteiger partial charge in [0.1, 0.15) is 74.4 Å². The maximum absolute atomic E-state index is 12.9. The average Bonchev–Trinajstić information content (AvgIpc) is 1.67. The second-order valence-electron chi connectivity index (χ2n) is 29.0. The summed E-state index contributed by atoms with van der Waals surface area (Å²) in [6, 6.07) is 39.3. The van der Waals surface area contributed by atoms with Crippen LogP contribution in [0.15, 0.2) is 178 Å². The molecule has 0 radical (unpaired) electrons. The lowest BCUT2D eigenvalue weighted by Gasteiger charge is -2.32. The second kappa shape index (κ2) is 46.8. The van der Waals surface area contributed by atoms with E-state index < -0.39 is 6.09 Å². The van der Waals surface area contributed by atoms with Crippen molar-refractivity contribution in [3.05, 3.63) is 218 Å². The van der Waals surface area contributed by atoms with Crippen LogP contribution >= 0.6 is 0 Å². The van der Waals surface area contributed by atoms with Crippen LogP contribution in [0.3, 0.4) is 0 Å². The van der Waals surface area contributed by atoms with Gasteiger partial charge in [0.05, 0.1) is 175 Å². The van der Waals surface area contributed by atoms with Crippen LogP contribution in [-0.4, -0.2) is 218 Å². The minimum atomic E-state index is -0.461. The van der Waals surface area contributed by atoms with Gasteiger partial charge < -0.3 is 107 Å². The minimum Gasteiger partial charge on any atom is -0.490 e. The molecule has 656 valence electrons. The molecule has 11 aromatic rings. The number of hydrogen-bond acceptors (Lipinski definition) is 25. The van der Waals surface area contributed by atoms with Gasteiger partial charge in [0.2, 0.25) is 11.8 Å². The first kappa shape index (κ1) is 90.2. The molecule has 125 heavy (non-hydrogen) atoms. The Labute approximate surface area is 727 Å². The minimum absolute atomic E-state index is 0.0304. The number of amides is 4. The monoisotopic (exact) mass is 1700 g/mol. The third kappa shape index (κ3) is 25.1. The number of benzene rings is 5. The lowest BCUT2D eigenvalue weighted by atomic mass is 10.1. The SMILES string of the molecule is C#CCOC(=O)N(CC)c1ccc2c(c1)N(Cc1cnc[nH]1)CCO2.CCN(C(=O)CCCc1ccccc1)c1ccc2c(c1)N(Cc1cnc[nH]1)CCO2.CCN(C(=O)CCOC)c1ccc2c(c1)N(Cc1cnc[nH]1)CCO2.CCN(C(=O)COCCOC)c1ccc2c(c1)N(Cc1cnc[nH]1)CCO2.N#Cc1ccc2c(n1)N(Cc1cnc[nH]1)CCO2. The van der Waals surface area contributed by atoms with Crippen LogP contribution < -0.4 is 67.8 Å². The number of nitriles is 1. The summed E-state index contributed by atoms with van der Waals surface area (Å²) < 4.78 is 49.1. The lowest BCUT2D eigenvalue weighted by molar-refractivity contribution is -0.123. The van der Waals surface area contributed by atoms with Gasteiger partial charge in [-0.1, -0.05) is 36.3 Å². The molecule has 0 saturated heterocycles. The Bertz CT molecular complexity index is 5240. The Balaban J connectivity index is 0.000000143. The van der Waals surface area contributed by atoms with Crippen LogP contribution in [-0.2, 0) is 72.5 Å². The number of fused-ring (bicyclic) bond motifs is 5. The van der Waals surface area contributed by atoms with Gasteiger partial charge in [0, 0.05) is 101 Å². The van der Waals surface area contributed by atoms with Gasteiger partial charge in [-0.25, -0.2) is 34.7 Å². The molecule has 4 amide bonds. The van der Waals surface area contributed by atoms with Crippen LogP contribution in [0.25, 0.3) is 0 Å². The summed E-state index contributed by atoms with van der Waals surface area (Å²) in [5.74, 6) is 7.20. The van der Waals surface area contributed by atoms with Gasteiger partial charge in [-0.15, -0.1) is 6.42 Å². The first-order chi connectivity index (χ1) is 61.3. The van der Waals surface area contributed by atoms with Gasteiger partial charge in [-0.05, 0) is 131 Å². The number of aromatic nitrogens is 11. The number of H-pyrrole nitrogens is 5. The standard InChI is InChI=1S/C24H28N4O2.C19H26N4O4.C18H24N4O3.C18H20N4O3.C12H11N5O/c1-2-28(24(29)10-6-9-19-7-4-3-5-8-19)21-11-12-23-22(15-21)27(13-14-30-23)17-20-16-25-18-26-20;1-3-23(19(24)13-26-9-8-25-2)16-4-5-18-17(10-16)22(6-7-27-18)12-15-11-20-14-21-15;1-3-22(18(23)6-8-24-2)15-4-5-17-16(10-15)21(7-9-25-17)12-14-11-19-13-20-14;1-3-8-25-18(23)22(4-2)15-5-6-17-16(10-15)21(7-9-24-17)12-14-11-19-13-20-14;13-5-9-1-2-11-12(16-9)17(3-4-18-11)7-10-6-14-8-15-10/h3-5,7-8,11-12,15-16,18H,2,6,9-10,13-14,17H2,1H3,(H,25,26);4-5,10-11,14H,3,6-9,12-13H2,1-2H3,(H,20,21);4-5,10-11,13H,3,6-9,12H2,1-2H3,(H,19,20);1,5-6,10-11,13H,4,7-9,12H2,2H3,(H,19,20);1-2,6,8H,3-4,7H2,(H,14,15). The predicted octanol–water partition coefficient (Wildman–Crippen LogP) is 11.7. The highest BCUT2D eigenvalue weighted by Gasteiger charge is 2.29. The van der Waals surface area contributed by atoms with Crippen LogP contribution in [0.1, 0.15) is 86.7 Å². The summed E-state index contributed by atoms with van der Waals surface area (Å²) in [4.78, 5) is 108. The summed E-state index contributed by atoms with van der Waals surface area (Å²) >= 11 is 0. The fourth-order valence-electron chi connectivity index (χ4n) is 14.7. The number of aryl methyl sites for hydroxylation is 1. The number of nitrogens with zero attached hydrogens (tertiary/aromatic N) is 16. The zero-order valence-corrected chi connectivity index (χ0v) is 71.6. The molecule has 34 heteroatoms. The lowest BCUT2D eigenvalue weighted by Crippen LogP contribution is -2.35. The number of aromatic amines is 5. The number of terminal acetylenes is 1. The summed E-state index contributed by atoms with van der Waals surface area (Å²) in [7, 11) is 3.21. The predicted molar refractivity (Wildman–Crippen MR) is 476 cm³/mol. The Morgan fingerprint density at radius 2 is 0.816 bits per heavy atom. The van der Waals surface area contributed by atoms with E-state index in [1.807, 2.05) is 142 Å². The first-order valence-corrected chi connectivity index (χ1v) is 41.9. The van der Waals surface area contributed by atoms with Crippen molar-refractivity contribution in [1.82, 2.24) is 54.8 Å². The van der Waals surface area contributed by atoms with Crippen molar-refractivity contribution in [3.8, 4) is 47.2 Å². The van der Waals surface area contributed by atoms with E-state index in [0.29, 0.717) is 117 Å². The van der Waals surface area contributed by atoms with Crippen molar-refractivity contribution in [1.29, 1.82) is 5.26 Å². The normalized spacial score (nSPS) is 13.1. The molecule has 34 nitrogen and oxygen atoms in total. The van der Waals surface area contributed by atoms with Crippen molar-refractivity contribution < 1.29 is 61.8 Å². The number of likely N-dealkylation sites (N-methyl/N-ethyl adjacent to an activating group) is 1. The highest BCUT2D eigenvalue weighted by atomic mass is 16.6. The molecule has 5 aliphatic rings. The fourth-order valence-corrected chi connectivity index (χ4v) is 14.7. The van der Waals surface area contributed by atoms with Gasteiger partial charge >= 0.3 is 6.09 Å². The van der Waals surface area contributed by atoms with E-state index in [1.165, 1.54) is 5.56 Å². The summed E-state index contributed by atoms with van der Waals surface area (Å²) in [5, 5.41) is 8.89. The Morgan fingerprint density at radius 1 is 0.448 bits per heavy atom. The number of ether oxygens (including phenoxy) is 9. The van der Waals surface area contributed by atoms with Crippen LogP contribution in [0.2, 0.25) is 0 Å². The molecule has 5 aliphatic heterocycles. The van der Waals surface area contributed by atoms with Crippen molar-refractivity contribution in [2.45, 2.75) is 86.1 Å². The Hall–Kier alpha value is -14.1. The largest absolute Gasteiger partial charge is 0.490 e. The zero-order chi connectivity index (χ0) is 87.5. The molecule has 0 aliphatic carbocycles. The van der Waals surface area contributed by atoms with Crippen molar-refractivity contribution in [3.63, 3.8) is 0 Å². The average molecular weight is 1710 g/mol. The van der Waals surface area contributed by atoms with E-state index in [9.17, 15) is 19.2 Å². The van der Waals surface area contributed by atoms with Gasteiger partial charge in [-0.3, -0.25) is 19.3 Å². The van der Waals surface area contributed by atoms with Gasteiger partial charge in [-0.2, -0.15) is 5.26 Å². The highest BCUT2D eigenvalue weighted by Crippen LogP contribution is 2.41. The quantitative estimate of drug-likeness (QED) is 0.0199. The molecule has 0 unspecified atom stereocenters. The molecule has 6 aromatic heterocycles. The maximum Gasteiger partial charge on any atom is 0.415 e. The number of nitrogens with one attached hydrogen (secondary N) is 5. The van der Waals surface area contributed by atoms with Gasteiger partial charge in [0.15, 0.2) is 18.2 Å². The maximum atomic E-state index is 12.9. The number of pyridine rings is 1. The number of rotatable bonds is 31. The van der Waals surface area contributed by atoms with Crippen molar-refractivity contribution in [2.75, 3.05) is 183 Å². The number of anilines is 9. The van der Waals surface area contributed by atoms with E-state index in [1.54, 1.807) is 85.1 Å². The van der Waals surface area contributed by atoms with E-state index >= 15 is 0 Å². The fraction of sp³-hybridized carbons (Fsp3) is 0.374. The molecule has 0 bridgehead atoms. The molecule has 0 spiro atoms. The summed E-state index contributed by atoms with van der Waals surface area (Å²) in [5.41, 5.74) is 14.1. The topological polar surface area (TPSA) is 361 Å². The molecular formula is C91H109N21O13. The summed E-state index contributed by atoms with van der Waals surface area (Å²) in [6.07, 6.45) is 24.8. The van der Waals surface area contributed by atoms with Crippen LogP contribution in [0, 0.1) is 23.7 Å². The van der Waals surface area contributed by atoms with E-state index in [4.69, 9.17) is 54.3 Å². The molecule has 5 N–H and O–H groups in total. The summed E-state index contributed by atoms with van der Waals surface area (Å²) in [6.45, 7) is 22.0. The Morgan fingerprint density at radius 3 is 1.19 bits per heavy atom. The smallest absolute Gasteiger partial charge is 0.415 e. The molecule has 0 fully saturated rings. The third-order valence-corrected chi connectivity index (χ3v) is 20.9. The van der Waals surface area contributed by atoms with E-state index in [-0.39, 0.29) is 30.9 Å². The third-order valence-electron chi connectivity index (χ3n) is 20.9. The molecule has 11 heterocycles. The van der Waals surface area contributed by atoms with Crippen molar-refractivity contribution in [2.24, 2.45) is 0 Å². The van der Waals surface area contributed by atoms with E-state index in [0.717, 1.165) is 167 Å².